The van der Waals surface area contributed by atoms with Crippen molar-refractivity contribution in [2.45, 2.75) is 13.1 Å². The van der Waals surface area contributed by atoms with Crippen LogP contribution >= 0.6 is 39.5 Å². The van der Waals surface area contributed by atoms with Gasteiger partial charge in [-0.05, 0) is 46.1 Å². The number of nitrogens with two attached hydrogens (primary N) is 1. The first-order valence-corrected chi connectivity index (χ1v) is 8.03. The van der Waals surface area contributed by atoms with Crippen LogP contribution in [0.15, 0.2) is 33.4 Å². The zero-order chi connectivity index (χ0) is 14.7. The zero-order valence-electron chi connectivity index (χ0n) is 10.9. The molecule has 1 aromatic carbocycles. The van der Waals surface area contributed by atoms with Gasteiger partial charge in [-0.25, -0.2) is 4.39 Å². The summed E-state index contributed by atoms with van der Waals surface area (Å²) in [4.78, 5) is 2.28. The molecule has 2 rings (SSSR count). The van der Waals surface area contributed by atoms with Crippen molar-refractivity contribution >= 4 is 44.5 Å². The topological polar surface area (TPSA) is 29.3 Å². The van der Waals surface area contributed by atoms with Crippen LogP contribution in [-0.2, 0) is 13.1 Å². The molecule has 2 nitrogen and oxygen atoms in total. The van der Waals surface area contributed by atoms with Crippen LogP contribution in [0.5, 0.6) is 0 Å². The van der Waals surface area contributed by atoms with Crippen molar-refractivity contribution in [3.63, 3.8) is 0 Å². The molecule has 0 aliphatic heterocycles. The normalized spacial score (nSPS) is 11.0. The maximum absolute atomic E-state index is 14.0. The van der Waals surface area contributed by atoms with Crippen molar-refractivity contribution in [3.8, 4) is 0 Å². The van der Waals surface area contributed by atoms with Crippen LogP contribution in [0, 0.1) is 5.82 Å². The van der Waals surface area contributed by atoms with Crippen LogP contribution in [0.4, 0.5) is 4.39 Å². The molecule has 0 fully saturated rings. The molecule has 0 spiro atoms. The Labute approximate surface area is 135 Å². The van der Waals surface area contributed by atoms with E-state index in [4.69, 9.17) is 18.0 Å². The zero-order valence-corrected chi connectivity index (χ0v) is 14.1. The second-order valence-corrected chi connectivity index (χ2v) is 7.33. The summed E-state index contributed by atoms with van der Waals surface area (Å²) in [6.45, 7) is 1.31. The molecular formula is C14H14BrFN2S2. The van der Waals surface area contributed by atoms with Gasteiger partial charge >= 0.3 is 0 Å². The van der Waals surface area contributed by atoms with E-state index in [0.717, 1.165) is 10.3 Å². The Morgan fingerprint density at radius 2 is 2.15 bits per heavy atom. The highest BCUT2D eigenvalue weighted by Crippen LogP contribution is 2.22. The van der Waals surface area contributed by atoms with Crippen LogP contribution in [0.3, 0.4) is 0 Å². The average molecular weight is 373 g/mol. The maximum Gasteiger partial charge on any atom is 0.128 e. The molecule has 1 aromatic heterocycles. The summed E-state index contributed by atoms with van der Waals surface area (Å²) < 4.78 is 15.1. The molecule has 2 N–H and O–H groups in total. The van der Waals surface area contributed by atoms with Gasteiger partial charge in [-0.3, -0.25) is 4.90 Å². The van der Waals surface area contributed by atoms with E-state index < -0.39 is 0 Å². The quantitative estimate of drug-likeness (QED) is 0.806. The molecule has 20 heavy (non-hydrogen) atoms. The van der Waals surface area contributed by atoms with Crippen LogP contribution in [-0.4, -0.2) is 16.9 Å². The summed E-state index contributed by atoms with van der Waals surface area (Å²) in [5, 5.41) is 2.09. The van der Waals surface area contributed by atoms with Crippen LogP contribution in [0.2, 0.25) is 0 Å². The fourth-order valence-electron chi connectivity index (χ4n) is 1.92. The van der Waals surface area contributed by atoms with Crippen LogP contribution in [0.25, 0.3) is 0 Å². The Hall–Kier alpha value is -0.820. The highest BCUT2D eigenvalue weighted by Gasteiger charge is 2.09. The third kappa shape index (κ3) is 4.09. The molecule has 0 aliphatic carbocycles. The summed E-state index contributed by atoms with van der Waals surface area (Å²) in [7, 11) is 1.96. The lowest BCUT2D eigenvalue weighted by molar-refractivity contribution is 0.314. The second-order valence-electron chi connectivity index (χ2n) is 4.60. The van der Waals surface area contributed by atoms with E-state index in [9.17, 15) is 4.39 Å². The average Bonchev–Trinajstić information content (AvgIpc) is 2.77. The Balaban J connectivity index is 2.04. The van der Waals surface area contributed by atoms with Gasteiger partial charge in [0.2, 0.25) is 0 Å². The summed E-state index contributed by atoms with van der Waals surface area (Å²) in [6.07, 6.45) is 0. The van der Waals surface area contributed by atoms with Crippen molar-refractivity contribution in [2.24, 2.45) is 5.73 Å². The summed E-state index contributed by atoms with van der Waals surface area (Å²) in [6, 6.07) is 6.97. The fourth-order valence-corrected chi connectivity index (χ4v) is 3.24. The molecule has 0 saturated carbocycles. The molecule has 0 amide bonds. The standard InChI is InChI=1S/C14H14BrFN2S2/c1-18(6-9-4-13(15)20-8-9)7-11-3-2-10(14(17)19)5-12(11)16/h2-5,8H,6-7H2,1H3,(H2,17,19). The first kappa shape index (κ1) is 15.6. The van der Waals surface area contributed by atoms with Crippen molar-refractivity contribution in [2.75, 3.05) is 7.05 Å². The lowest BCUT2D eigenvalue weighted by Gasteiger charge is -2.16. The minimum absolute atomic E-state index is 0.215. The van der Waals surface area contributed by atoms with Gasteiger partial charge in [0, 0.05) is 24.2 Å². The van der Waals surface area contributed by atoms with Gasteiger partial charge in [-0.1, -0.05) is 24.4 Å². The minimum atomic E-state index is -0.270. The lowest BCUT2D eigenvalue weighted by atomic mass is 10.1. The van der Waals surface area contributed by atoms with E-state index in [2.05, 4.69) is 32.3 Å². The van der Waals surface area contributed by atoms with Gasteiger partial charge in [0.1, 0.15) is 10.8 Å². The van der Waals surface area contributed by atoms with Gasteiger partial charge in [0.05, 0.1) is 3.79 Å². The third-order valence-corrected chi connectivity index (χ3v) is 4.64. The number of nitrogens with zero attached hydrogens (tertiary/aromatic N) is 1. The first-order chi connectivity index (χ1) is 9.45. The van der Waals surface area contributed by atoms with E-state index in [1.807, 2.05) is 7.05 Å². The Morgan fingerprint density at radius 1 is 1.40 bits per heavy atom. The Morgan fingerprint density at radius 3 is 2.70 bits per heavy atom. The smallest absolute Gasteiger partial charge is 0.128 e. The number of thiocarbonyl (C=S) groups is 1. The molecule has 106 valence electrons. The van der Waals surface area contributed by atoms with Gasteiger partial charge in [0.25, 0.3) is 0 Å². The molecule has 0 unspecified atom stereocenters. The predicted molar refractivity (Wildman–Crippen MR) is 89.5 cm³/mol. The van der Waals surface area contributed by atoms with E-state index in [1.165, 1.54) is 11.6 Å². The van der Waals surface area contributed by atoms with Crippen molar-refractivity contribution in [1.29, 1.82) is 0 Å². The molecular weight excluding hydrogens is 359 g/mol. The third-order valence-electron chi connectivity index (χ3n) is 2.85. The van der Waals surface area contributed by atoms with E-state index >= 15 is 0 Å². The number of hydrogen-bond donors (Lipinski definition) is 1. The molecule has 0 bridgehead atoms. The SMILES string of the molecule is CN(Cc1csc(Br)c1)Cc1ccc(C(N)=S)cc1F. The second kappa shape index (κ2) is 6.76. The fraction of sp³-hybridized carbons (Fsp3) is 0.214. The van der Waals surface area contributed by atoms with Gasteiger partial charge < -0.3 is 5.73 Å². The summed E-state index contributed by atoms with van der Waals surface area (Å²) >= 11 is 9.93. The first-order valence-electron chi connectivity index (χ1n) is 5.95. The van der Waals surface area contributed by atoms with Crippen molar-refractivity contribution in [3.05, 3.63) is 55.9 Å². The van der Waals surface area contributed by atoms with Gasteiger partial charge in [-0.15, -0.1) is 11.3 Å². The molecule has 0 saturated heterocycles. The number of halogens is 2. The van der Waals surface area contributed by atoms with Crippen LogP contribution < -0.4 is 5.73 Å². The minimum Gasteiger partial charge on any atom is -0.389 e. The lowest BCUT2D eigenvalue weighted by Crippen LogP contribution is -2.18. The van der Waals surface area contributed by atoms with Gasteiger partial charge in [-0.2, -0.15) is 0 Å². The summed E-state index contributed by atoms with van der Waals surface area (Å²) in [5.41, 5.74) is 7.90. The monoisotopic (exact) mass is 372 g/mol. The van der Waals surface area contributed by atoms with Gasteiger partial charge in [0.15, 0.2) is 0 Å². The maximum atomic E-state index is 14.0. The number of rotatable bonds is 5. The van der Waals surface area contributed by atoms with Crippen molar-refractivity contribution < 1.29 is 4.39 Å². The van der Waals surface area contributed by atoms with E-state index in [1.54, 1.807) is 23.5 Å². The Bertz CT molecular complexity index is 627. The molecule has 1 heterocycles. The number of thiophene rings is 1. The predicted octanol–water partition coefficient (Wildman–Crippen LogP) is 3.92. The number of benzene rings is 1. The largest absolute Gasteiger partial charge is 0.389 e. The number of hydrogen-bond acceptors (Lipinski definition) is 3. The Kier molecular flexibility index (Phi) is 5.26. The molecule has 0 aliphatic rings. The molecule has 2 aromatic rings. The van der Waals surface area contributed by atoms with E-state index in [-0.39, 0.29) is 10.8 Å². The highest BCUT2D eigenvalue weighted by molar-refractivity contribution is 9.11. The molecule has 6 heteroatoms. The van der Waals surface area contributed by atoms with E-state index in [0.29, 0.717) is 17.7 Å². The molecule has 0 radical (unpaired) electrons. The highest BCUT2D eigenvalue weighted by atomic mass is 79.9. The summed E-state index contributed by atoms with van der Waals surface area (Å²) in [5.74, 6) is -0.270. The van der Waals surface area contributed by atoms with Crippen molar-refractivity contribution in [1.82, 2.24) is 4.90 Å². The van der Waals surface area contributed by atoms with Crippen LogP contribution in [0.1, 0.15) is 16.7 Å². The molecule has 0 atom stereocenters.